The van der Waals surface area contributed by atoms with Gasteiger partial charge in [0.2, 0.25) is 5.91 Å². The Labute approximate surface area is 132 Å². The van der Waals surface area contributed by atoms with E-state index in [9.17, 15) is 9.59 Å². The third kappa shape index (κ3) is 3.24. The van der Waals surface area contributed by atoms with Crippen molar-refractivity contribution in [2.45, 2.75) is 40.2 Å². The van der Waals surface area contributed by atoms with Gasteiger partial charge in [0.25, 0.3) is 0 Å². The first kappa shape index (κ1) is 16.3. The Morgan fingerprint density at radius 1 is 1.27 bits per heavy atom. The van der Waals surface area contributed by atoms with E-state index < -0.39 is 6.04 Å². The summed E-state index contributed by atoms with van der Waals surface area (Å²) in [6.45, 7) is 9.62. The van der Waals surface area contributed by atoms with E-state index in [1.54, 1.807) is 16.7 Å². The fourth-order valence-electron chi connectivity index (χ4n) is 2.63. The van der Waals surface area contributed by atoms with Gasteiger partial charge in [-0.25, -0.2) is 4.79 Å². The molecule has 1 aliphatic rings. The van der Waals surface area contributed by atoms with Crippen molar-refractivity contribution in [1.82, 2.24) is 10.2 Å². The second-order valence-electron chi connectivity index (χ2n) is 5.86. The normalized spacial score (nSPS) is 18.5. The van der Waals surface area contributed by atoms with E-state index in [2.05, 4.69) is 12.2 Å². The number of urea groups is 1. The summed E-state index contributed by atoms with van der Waals surface area (Å²) in [5.74, 6) is -0.0267. The van der Waals surface area contributed by atoms with E-state index in [0.29, 0.717) is 19.6 Å². The fraction of sp³-hybridized carbons (Fsp3) is 0.529. The Balaban J connectivity index is 2.12. The van der Waals surface area contributed by atoms with Crippen molar-refractivity contribution >= 4 is 17.6 Å². The average molecular weight is 303 g/mol. The lowest BCUT2D eigenvalue weighted by atomic mass is 10.1. The maximum absolute atomic E-state index is 12.6. The summed E-state index contributed by atoms with van der Waals surface area (Å²) >= 11 is 0. The number of anilines is 1. The molecule has 1 N–H and O–H groups in total. The summed E-state index contributed by atoms with van der Waals surface area (Å²) in [5.41, 5.74) is 3.29. The van der Waals surface area contributed by atoms with Crippen LogP contribution in [0, 0.1) is 13.8 Å². The zero-order chi connectivity index (χ0) is 16.3. The number of hydrogen-bond donors (Lipinski definition) is 1. The number of aryl methyl sites for hydroxylation is 2. The highest BCUT2D eigenvalue weighted by atomic mass is 16.2. The van der Waals surface area contributed by atoms with Crippen LogP contribution in [0.1, 0.15) is 31.4 Å². The third-order valence-electron chi connectivity index (χ3n) is 4.24. The lowest BCUT2D eigenvalue weighted by molar-refractivity contribution is -0.124. The molecule has 1 aromatic carbocycles. The summed E-state index contributed by atoms with van der Waals surface area (Å²) in [4.78, 5) is 28.1. The number of piperazine rings is 1. The number of nitrogens with one attached hydrogen (secondary N) is 1. The minimum Gasteiger partial charge on any atom is -0.338 e. The van der Waals surface area contributed by atoms with Crippen LogP contribution in [0.3, 0.4) is 0 Å². The molecule has 5 nitrogen and oxygen atoms in total. The van der Waals surface area contributed by atoms with Crippen molar-refractivity contribution in [2.24, 2.45) is 0 Å². The van der Waals surface area contributed by atoms with Crippen LogP contribution in [0.25, 0.3) is 0 Å². The SMILES string of the molecule is CCCNC(=O)N1CCN(c2ccc(C)c(C)c2)C(=O)[C@@H]1C. The first-order valence-corrected chi connectivity index (χ1v) is 7.88. The summed E-state index contributed by atoms with van der Waals surface area (Å²) in [7, 11) is 0. The van der Waals surface area contributed by atoms with Crippen molar-refractivity contribution in [1.29, 1.82) is 0 Å². The molecule has 0 bridgehead atoms. The molecule has 1 saturated heterocycles. The number of nitrogens with zero attached hydrogens (tertiary/aromatic N) is 2. The lowest BCUT2D eigenvalue weighted by Crippen LogP contribution is -2.59. The standard InChI is InChI=1S/C17H25N3O2/c1-5-8-18-17(22)19-9-10-20(16(21)14(19)4)15-7-6-12(2)13(3)11-15/h6-7,11,14H,5,8-10H2,1-4H3,(H,18,22)/t14-/m0/s1. The van der Waals surface area contributed by atoms with Crippen molar-refractivity contribution in [3.8, 4) is 0 Å². The first-order chi connectivity index (χ1) is 10.5. The largest absolute Gasteiger partial charge is 0.338 e. The molecule has 3 amide bonds. The minimum atomic E-state index is -0.438. The van der Waals surface area contributed by atoms with Crippen LogP contribution < -0.4 is 10.2 Å². The number of carbonyl (C=O) groups is 2. The van der Waals surface area contributed by atoms with Gasteiger partial charge >= 0.3 is 6.03 Å². The number of rotatable bonds is 3. The van der Waals surface area contributed by atoms with E-state index in [1.165, 1.54) is 11.1 Å². The third-order valence-corrected chi connectivity index (χ3v) is 4.24. The Bertz CT molecular complexity index is 571. The van der Waals surface area contributed by atoms with Crippen LogP contribution in [-0.2, 0) is 4.79 Å². The molecule has 2 rings (SSSR count). The Morgan fingerprint density at radius 2 is 2.00 bits per heavy atom. The van der Waals surface area contributed by atoms with Crippen LogP contribution in [0.4, 0.5) is 10.5 Å². The molecule has 1 aliphatic heterocycles. The van der Waals surface area contributed by atoms with Crippen molar-refractivity contribution in [2.75, 3.05) is 24.5 Å². The molecular weight excluding hydrogens is 278 g/mol. The van der Waals surface area contributed by atoms with Gasteiger partial charge in [-0.3, -0.25) is 4.79 Å². The van der Waals surface area contributed by atoms with Gasteiger partial charge < -0.3 is 15.1 Å². The van der Waals surface area contributed by atoms with Crippen LogP contribution in [0.15, 0.2) is 18.2 Å². The monoisotopic (exact) mass is 303 g/mol. The van der Waals surface area contributed by atoms with Crippen LogP contribution >= 0.6 is 0 Å². The Kier molecular flexibility index (Phi) is 5.06. The number of carbonyl (C=O) groups excluding carboxylic acids is 2. The van der Waals surface area contributed by atoms with Gasteiger partial charge in [-0.05, 0) is 50.5 Å². The Hall–Kier alpha value is -2.04. The quantitative estimate of drug-likeness (QED) is 0.932. The Morgan fingerprint density at radius 3 is 2.64 bits per heavy atom. The molecule has 0 radical (unpaired) electrons. The van der Waals surface area contributed by atoms with Gasteiger partial charge in [-0.2, -0.15) is 0 Å². The highest BCUT2D eigenvalue weighted by molar-refractivity contribution is 6.00. The van der Waals surface area contributed by atoms with Crippen molar-refractivity contribution < 1.29 is 9.59 Å². The minimum absolute atomic E-state index is 0.0267. The molecular formula is C17H25N3O2. The molecule has 120 valence electrons. The summed E-state index contributed by atoms with van der Waals surface area (Å²) < 4.78 is 0. The number of amides is 3. The molecule has 1 fully saturated rings. The number of hydrogen-bond acceptors (Lipinski definition) is 2. The molecule has 1 atom stereocenters. The molecule has 0 aliphatic carbocycles. The van der Waals surface area contributed by atoms with Crippen LogP contribution in [0.2, 0.25) is 0 Å². The van der Waals surface area contributed by atoms with E-state index in [4.69, 9.17) is 0 Å². The molecule has 0 spiro atoms. The summed E-state index contributed by atoms with van der Waals surface area (Å²) in [6.07, 6.45) is 0.886. The molecule has 22 heavy (non-hydrogen) atoms. The fourth-order valence-corrected chi connectivity index (χ4v) is 2.63. The number of benzene rings is 1. The average Bonchev–Trinajstić information content (AvgIpc) is 2.50. The van der Waals surface area contributed by atoms with E-state index in [-0.39, 0.29) is 11.9 Å². The van der Waals surface area contributed by atoms with E-state index in [1.807, 2.05) is 32.0 Å². The molecule has 1 heterocycles. The van der Waals surface area contributed by atoms with Gasteiger partial charge in [0.15, 0.2) is 0 Å². The van der Waals surface area contributed by atoms with Crippen LogP contribution in [0.5, 0.6) is 0 Å². The second-order valence-corrected chi connectivity index (χ2v) is 5.86. The second kappa shape index (κ2) is 6.81. The summed E-state index contributed by atoms with van der Waals surface area (Å²) in [5, 5.41) is 2.84. The zero-order valence-electron chi connectivity index (χ0n) is 13.8. The molecule has 0 saturated carbocycles. The molecule has 5 heteroatoms. The van der Waals surface area contributed by atoms with Crippen molar-refractivity contribution in [3.63, 3.8) is 0 Å². The predicted octanol–water partition coefficient (Wildman–Crippen LogP) is 2.46. The molecule has 0 unspecified atom stereocenters. The highest BCUT2D eigenvalue weighted by Gasteiger charge is 2.34. The van der Waals surface area contributed by atoms with Gasteiger partial charge in [-0.1, -0.05) is 13.0 Å². The van der Waals surface area contributed by atoms with Gasteiger partial charge in [0, 0.05) is 25.3 Å². The molecule has 0 aromatic heterocycles. The van der Waals surface area contributed by atoms with E-state index in [0.717, 1.165) is 12.1 Å². The smallest absolute Gasteiger partial charge is 0.318 e. The maximum atomic E-state index is 12.6. The molecule has 1 aromatic rings. The highest BCUT2D eigenvalue weighted by Crippen LogP contribution is 2.23. The first-order valence-electron chi connectivity index (χ1n) is 7.88. The summed E-state index contributed by atoms with van der Waals surface area (Å²) in [6, 6.07) is 5.45. The zero-order valence-corrected chi connectivity index (χ0v) is 13.8. The van der Waals surface area contributed by atoms with Gasteiger partial charge in [-0.15, -0.1) is 0 Å². The topological polar surface area (TPSA) is 52.7 Å². The van der Waals surface area contributed by atoms with E-state index >= 15 is 0 Å². The van der Waals surface area contributed by atoms with Crippen molar-refractivity contribution in [3.05, 3.63) is 29.3 Å². The lowest BCUT2D eigenvalue weighted by Gasteiger charge is -2.39. The predicted molar refractivity (Wildman–Crippen MR) is 88.1 cm³/mol. The van der Waals surface area contributed by atoms with Gasteiger partial charge in [0.1, 0.15) is 6.04 Å². The van der Waals surface area contributed by atoms with Gasteiger partial charge in [0.05, 0.1) is 0 Å². The van der Waals surface area contributed by atoms with Crippen LogP contribution in [-0.4, -0.2) is 42.5 Å². The maximum Gasteiger partial charge on any atom is 0.318 e.